The number of rotatable bonds is 4. The molecule has 0 radical (unpaired) electrons. The average molecular weight is 302 g/mol. The summed E-state index contributed by atoms with van der Waals surface area (Å²) in [5, 5.41) is 0. The minimum atomic E-state index is -0.328. The number of allylic oxidation sites excluding steroid dienone is 1. The quantitative estimate of drug-likeness (QED) is 0.613. The SMILES string of the molecule is CCCO/C(C)=C1/COC(=O)C1c1ccc(C(C)(C)C)cc1. The maximum atomic E-state index is 12.1. The smallest absolute Gasteiger partial charge is 0.318 e. The molecular weight excluding hydrogens is 276 g/mol. The van der Waals surface area contributed by atoms with Gasteiger partial charge in [0.25, 0.3) is 0 Å². The predicted molar refractivity (Wildman–Crippen MR) is 87.8 cm³/mol. The van der Waals surface area contributed by atoms with Gasteiger partial charge in [0.2, 0.25) is 0 Å². The summed E-state index contributed by atoms with van der Waals surface area (Å²) in [4.78, 5) is 12.1. The highest BCUT2D eigenvalue weighted by Gasteiger charge is 2.35. The van der Waals surface area contributed by atoms with E-state index in [-0.39, 0.29) is 17.3 Å². The van der Waals surface area contributed by atoms with Crippen LogP contribution < -0.4 is 0 Å². The van der Waals surface area contributed by atoms with E-state index >= 15 is 0 Å². The number of ether oxygens (including phenoxy) is 2. The van der Waals surface area contributed by atoms with Crippen LogP contribution in [0.1, 0.15) is 58.1 Å². The van der Waals surface area contributed by atoms with E-state index in [0.29, 0.717) is 13.2 Å². The van der Waals surface area contributed by atoms with Crippen LogP contribution >= 0.6 is 0 Å². The first-order valence-corrected chi connectivity index (χ1v) is 7.94. The summed E-state index contributed by atoms with van der Waals surface area (Å²) in [7, 11) is 0. The molecule has 0 aliphatic carbocycles. The van der Waals surface area contributed by atoms with Gasteiger partial charge in [-0.1, -0.05) is 52.0 Å². The van der Waals surface area contributed by atoms with Crippen LogP contribution in [0.5, 0.6) is 0 Å². The second-order valence-corrected chi connectivity index (χ2v) is 6.84. The molecule has 1 aliphatic rings. The van der Waals surface area contributed by atoms with E-state index in [4.69, 9.17) is 9.47 Å². The van der Waals surface area contributed by atoms with E-state index in [0.717, 1.165) is 23.3 Å². The molecule has 0 saturated carbocycles. The first-order chi connectivity index (χ1) is 10.3. The Morgan fingerprint density at radius 1 is 1.27 bits per heavy atom. The van der Waals surface area contributed by atoms with Crippen molar-refractivity contribution < 1.29 is 14.3 Å². The Kier molecular flexibility index (Phi) is 4.94. The maximum Gasteiger partial charge on any atom is 0.318 e. The van der Waals surface area contributed by atoms with E-state index < -0.39 is 0 Å². The van der Waals surface area contributed by atoms with Crippen molar-refractivity contribution in [2.75, 3.05) is 13.2 Å². The van der Waals surface area contributed by atoms with Gasteiger partial charge in [-0.3, -0.25) is 4.79 Å². The molecular formula is C19H26O3. The number of esters is 1. The number of carbonyl (C=O) groups excluding carboxylic acids is 1. The van der Waals surface area contributed by atoms with Gasteiger partial charge in [0.05, 0.1) is 12.4 Å². The van der Waals surface area contributed by atoms with Gasteiger partial charge in [0, 0.05) is 5.57 Å². The lowest BCUT2D eigenvalue weighted by Gasteiger charge is -2.20. The highest BCUT2D eigenvalue weighted by atomic mass is 16.5. The molecule has 22 heavy (non-hydrogen) atoms. The monoisotopic (exact) mass is 302 g/mol. The molecule has 120 valence electrons. The largest absolute Gasteiger partial charge is 0.498 e. The summed E-state index contributed by atoms with van der Waals surface area (Å²) in [5.74, 6) is 0.307. The molecule has 0 spiro atoms. The van der Waals surface area contributed by atoms with Gasteiger partial charge in [0.1, 0.15) is 12.5 Å². The van der Waals surface area contributed by atoms with E-state index in [1.54, 1.807) is 0 Å². The fraction of sp³-hybridized carbons (Fsp3) is 0.526. The average Bonchev–Trinajstić information content (AvgIpc) is 2.86. The fourth-order valence-corrected chi connectivity index (χ4v) is 2.62. The van der Waals surface area contributed by atoms with Gasteiger partial charge in [0.15, 0.2) is 0 Å². The zero-order chi connectivity index (χ0) is 16.3. The molecule has 3 nitrogen and oxygen atoms in total. The second-order valence-electron chi connectivity index (χ2n) is 6.84. The molecule has 1 fully saturated rings. The molecule has 1 atom stereocenters. The molecule has 0 aromatic heterocycles. The lowest BCUT2D eigenvalue weighted by atomic mass is 9.84. The molecule has 1 unspecified atom stereocenters. The Hall–Kier alpha value is -1.77. The van der Waals surface area contributed by atoms with E-state index in [2.05, 4.69) is 39.8 Å². The van der Waals surface area contributed by atoms with Crippen molar-refractivity contribution in [2.24, 2.45) is 0 Å². The Balaban J connectivity index is 2.30. The van der Waals surface area contributed by atoms with Crippen LogP contribution in [0.25, 0.3) is 0 Å². The summed E-state index contributed by atoms with van der Waals surface area (Å²) in [6, 6.07) is 8.26. The van der Waals surface area contributed by atoms with Crippen molar-refractivity contribution in [3.05, 3.63) is 46.7 Å². The summed E-state index contributed by atoms with van der Waals surface area (Å²) in [6.07, 6.45) is 0.949. The van der Waals surface area contributed by atoms with Gasteiger partial charge in [-0.15, -0.1) is 0 Å². The van der Waals surface area contributed by atoms with Gasteiger partial charge >= 0.3 is 5.97 Å². The molecule has 0 N–H and O–H groups in total. The lowest BCUT2D eigenvalue weighted by Crippen LogP contribution is -2.13. The molecule has 1 aromatic carbocycles. The van der Waals surface area contributed by atoms with Crippen LogP contribution in [0.2, 0.25) is 0 Å². The number of hydrogen-bond donors (Lipinski definition) is 0. The van der Waals surface area contributed by atoms with E-state index in [1.807, 2.05) is 19.1 Å². The van der Waals surface area contributed by atoms with Crippen LogP contribution in [0.3, 0.4) is 0 Å². The third-order valence-corrected chi connectivity index (χ3v) is 4.04. The van der Waals surface area contributed by atoms with Crippen LogP contribution in [0, 0.1) is 0 Å². The molecule has 1 aliphatic heterocycles. The van der Waals surface area contributed by atoms with Crippen LogP contribution in [0.15, 0.2) is 35.6 Å². The molecule has 1 aromatic rings. The minimum Gasteiger partial charge on any atom is -0.498 e. The third-order valence-electron chi connectivity index (χ3n) is 4.04. The highest BCUT2D eigenvalue weighted by Crippen LogP contribution is 2.35. The zero-order valence-corrected chi connectivity index (χ0v) is 14.2. The van der Waals surface area contributed by atoms with E-state index in [9.17, 15) is 4.79 Å². The van der Waals surface area contributed by atoms with Gasteiger partial charge in [-0.05, 0) is 29.9 Å². The molecule has 0 amide bonds. The van der Waals surface area contributed by atoms with Crippen LogP contribution in [-0.4, -0.2) is 19.2 Å². The maximum absolute atomic E-state index is 12.1. The fourth-order valence-electron chi connectivity index (χ4n) is 2.62. The zero-order valence-electron chi connectivity index (χ0n) is 14.2. The van der Waals surface area contributed by atoms with Crippen LogP contribution in [-0.2, 0) is 19.7 Å². The number of carbonyl (C=O) groups is 1. The first kappa shape index (κ1) is 16.6. The summed E-state index contributed by atoms with van der Waals surface area (Å²) < 4.78 is 11.0. The van der Waals surface area contributed by atoms with Crippen molar-refractivity contribution >= 4 is 5.97 Å². The van der Waals surface area contributed by atoms with Crippen molar-refractivity contribution in [3.8, 4) is 0 Å². The summed E-state index contributed by atoms with van der Waals surface area (Å²) >= 11 is 0. The topological polar surface area (TPSA) is 35.5 Å². The Bertz CT molecular complexity index is 561. The van der Waals surface area contributed by atoms with Crippen molar-refractivity contribution in [1.29, 1.82) is 0 Å². The minimum absolute atomic E-state index is 0.105. The molecule has 3 heteroatoms. The van der Waals surface area contributed by atoms with Crippen molar-refractivity contribution in [2.45, 2.75) is 52.4 Å². The number of hydrogen-bond acceptors (Lipinski definition) is 3. The standard InChI is InChI=1S/C19H26O3/c1-6-11-21-13(2)16-12-22-18(20)17(16)14-7-9-15(10-8-14)19(3,4)5/h7-10,17H,6,11-12H2,1-5H3/b16-13-. The predicted octanol–water partition coefficient (Wildman–Crippen LogP) is 4.33. The molecule has 1 heterocycles. The lowest BCUT2D eigenvalue weighted by molar-refractivity contribution is -0.139. The van der Waals surface area contributed by atoms with Crippen LogP contribution in [0.4, 0.5) is 0 Å². The second kappa shape index (κ2) is 6.55. The normalized spacial score (nSPS) is 20.8. The summed E-state index contributed by atoms with van der Waals surface area (Å²) in [5.41, 5.74) is 3.28. The Morgan fingerprint density at radius 2 is 1.91 bits per heavy atom. The van der Waals surface area contributed by atoms with Gasteiger partial charge in [-0.25, -0.2) is 0 Å². The van der Waals surface area contributed by atoms with E-state index in [1.165, 1.54) is 5.56 Å². The van der Waals surface area contributed by atoms with Crippen molar-refractivity contribution in [3.63, 3.8) is 0 Å². The molecule has 2 rings (SSSR count). The number of cyclic esters (lactones) is 1. The third kappa shape index (κ3) is 3.52. The Morgan fingerprint density at radius 3 is 2.45 bits per heavy atom. The van der Waals surface area contributed by atoms with Crippen molar-refractivity contribution in [1.82, 2.24) is 0 Å². The van der Waals surface area contributed by atoms with Gasteiger partial charge < -0.3 is 9.47 Å². The summed E-state index contributed by atoms with van der Waals surface area (Å²) in [6.45, 7) is 11.5. The molecule has 0 bridgehead atoms. The number of benzene rings is 1. The first-order valence-electron chi connectivity index (χ1n) is 7.94. The van der Waals surface area contributed by atoms with Gasteiger partial charge in [-0.2, -0.15) is 0 Å². The highest BCUT2D eigenvalue weighted by molar-refractivity contribution is 5.85. The molecule has 1 saturated heterocycles. The Labute approximate surface area is 133 Å².